The number of rotatable bonds is 4. The molecule has 106 valence electrons. The molecule has 1 saturated heterocycles. The van der Waals surface area contributed by atoms with E-state index in [4.69, 9.17) is 0 Å². The predicted molar refractivity (Wildman–Crippen MR) is 69.5 cm³/mol. The van der Waals surface area contributed by atoms with Gasteiger partial charge in [0.2, 0.25) is 5.91 Å². The summed E-state index contributed by atoms with van der Waals surface area (Å²) in [6, 6.07) is -0.815. The lowest BCUT2D eigenvalue weighted by Gasteiger charge is -2.31. The third-order valence-corrected chi connectivity index (χ3v) is 5.42. The highest BCUT2D eigenvalue weighted by Crippen LogP contribution is 2.65. The number of carboxylic acids is 1. The topological polar surface area (TPSA) is 69.6 Å². The first kappa shape index (κ1) is 12.9. The smallest absolute Gasteiger partial charge is 0.326 e. The summed E-state index contributed by atoms with van der Waals surface area (Å²) in [5.41, 5.74) is 0.0779. The van der Waals surface area contributed by atoms with E-state index in [1.54, 1.807) is 11.9 Å². The molecule has 4 atom stereocenters. The minimum absolute atomic E-state index is 0.0135. The lowest BCUT2D eigenvalue weighted by atomic mass is 10.00. The van der Waals surface area contributed by atoms with Crippen LogP contribution in [0.3, 0.4) is 0 Å². The molecule has 2 aliphatic carbocycles. The number of nitrogens with one attached hydrogen (secondary N) is 1. The van der Waals surface area contributed by atoms with Crippen LogP contribution < -0.4 is 5.32 Å². The van der Waals surface area contributed by atoms with Crippen molar-refractivity contribution < 1.29 is 14.7 Å². The van der Waals surface area contributed by atoms with Gasteiger partial charge in [0.15, 0.2) is 0 Å². The zero-order valence-corrected chi connectivity index (χ0v) is 11.7. The van der Waals surface area contributed by atoms with Gasteiger partial charge in [-0.05, 0) is 37.1 Å². The Morgan fingerprint density at radius 3 is 2.47 bits per heavy atom. The Labute approximate surface area is 113 Å². The zero-order chi connectivity index (χ0) is 13.9. The highest BCUT2D eigenvalue weighted by Gasteiger charge is 2.69. The van der Waals surface area contributed by atoms with Gasteiger partial charge in [-0.3, -0.25) is 4.79 Å². The molecule has 0 bridgehead atoms. The fraction of sp³-hybridized carbons (Fsp3) is 0.857. The largest absolute Gasteiger partial charge is 0.480 e. The van der Waals surface area contributed by atoms with Crippen molar-refractivity contribution in [3.8, 4) is 0 Å². The summed E-state index contributed by atoms with van der Waals surface area (Å²) in [7, 11) is 1.79. The third-order valence-electron chi connectivity index (χ3n) is 5.42. The van der Waals surface area contributed by atoms with Crippen LogP contribution in [0.5, 0.6) is 0 Å². The number of hydrogen-bond donors (Lipinski definition) is 2. The van der Waals surface area contributed by atoms with Gasteiger partial charge < -0.3 is 15.3 Å². The average molecular weight is 266 g/mol. The van der Waals surface area contributed by atoms with Crippen LogP contribution in [0.15, 0.2) is 0 Å². The summed E-state index contributed by atoms with van der Waals surface area (Å²) in [5, 5.41) is 12.5. The van der Waals surface area contributed by atoms with E-state index in [9.17, 15) is 14.7 Å². The maximum Gasteiger partial charge on any atom is 0.326 e. The molecule has 3 fully saturated rings. The molecule has 2 saturated carbocycles. The molecular weight excluding hydrogens is 244 g/mol. The van der Waals surface area contributed by atoms with E-state index in [1.165, 1.54) is 0 Å². The normalized spacial score (nSPS) is 36.8. The third kappa shape index (κ3) is 1.78. The first-order chi connectivity index (χ1) is 8.89. The van der Waals surface area contributed by atoms with Crippen molar-refractivity contribution in [2.24, 2.45) is 23.2 Å². The molecule has 19 heavy (non-hydrogen) atoms. The van der Waals surface area contributed by atoms with Crippen LogP contribution in [-0.4, -0.2) is 47.6 Å². The van der Waals surface area contributed by atoms with Gasteiger partial charge in [0, 0.05) is 12.5 Å². The molecule has 1 amide bonds. The molecule has 5 nitrogen and oxygen atoms in total. The second kappa shape index (κ2) is 3.95. The monoisotopic (exact) mass is 266 g/mol. The van der Waals surface area contributed by atoms with Crippen LogP contribution in [0, 0.1) is 23.2 Å². The van der Waals surface area contributed by atoms with E-state index in [0.29, 0.717) is 18.4 Å². The van der Waals surface area contributed by atoms with E-state index >= 15 is 0 Å². The Morgan fingerprint density at radius 1 is 1.37 bits per heavy atom. The molecule has 3 aliphatic rings. The molecule has 0 spiro atoms. The molecule has 5 heteroatoms. The van der Waals surface area contributed by atoms with Crippen LogP contribution >= 0.6 is 0 Å². The Kier molecular flexibility index (Phi) is 2.68. The quantitative estimate of drug-likeness (QED) is 0.780. The number of carbonyl (C=O) groups excluding carboxylic acids is 1. The number of nitrogens with zero attached hydrogens (tertiary/aromatic N) is 1. The van der Waals surface area contributed by atoms with Gasteiger partial charge in [0.25, 0.3) is 0 Å². The summed E-state index contributed by atoms with van der Waals surface area (Å²) >= 11 is 0. The number of aliphatic carboxylic acids is 1. The molecule has 1 aliphatic heterocycles. The van der Waals surface area contributed by atoms with Gasteiger partial charge in [-0.25, -0.2) is 4.79 Å². The Bertz CT molecular complexity index is 430. The number of hydrogen-bond acceptors (Lipinski definition) is 3. The zero-order valence-electron chi connectivity index (χ0n) is 11.7. The van der Waals surface area contributed by atoms with Crippen LogP contribution in [0.4, 0.5) is 0 Å². The molecular formula is C14H22N2O3. The van der Waals surface area contributed by atoms with E-state index in [0.717, 1.165) is 12.8 Å². The molecule has 2 N–H and O–H groups in total. The Hall–Kier alpha value is -1.10. The van der Waals surface area contributed by atoms with Crippen molar-refractivity contribution in [2.45, 2.75) is 38.8 Å². The number of likely N-dealkylation sites (N-methyl/N-ethyl adjacent to an activating group) is 1. The Balaban J connectivity index is 1.78. The summed E-state index contributed by atoms with van der Waals surface area (Å²) in [4.78, 5) is 25.7. The maximum atomic E-state index is 12.6. The molecule has 0 unspecified atom stereocenters. The maximum absolute atomic E-state index is 12.6. The van der Waals surface area contributed by atoms with Crippen LogP contribution in [0.25, 0.3) is 0 Å². The molecule has 0 radical (unpaired) electrons. The summed E-state index contributed by atoms with van der Waals surface area (Å²) in [6.45, 7) is 4.82. The van der Waals surface area contributed by atoms with Crippen molar-refractivity contribution in [3.63, 3.8) is 0 Å². The number of piperidine rings is 1. The predicted octanol–water partition coefficient (Wildman–Crippen LogP) is 0.552. The summed E-state index contributed by atoms with van der Waals surface area (Å²) in [6.07, 6.45) is 2.14. The van der Waals surface area contributed by atoms with Gasteiger partial charge in [-0.15, -0.1) is 0 Å². The van der Waals surface area contributed by atoms with Crippen LogP contribution in [0.1, 0.15) is 26.7 Å². The lowest BCUT2D eigenvalue weighted by molar-refractivity contribution is -0.151. The fourth-order valence-electron chi connectivity index (χ4n) is 3.96. The van der Waals surface area contributed by atoms with E-state index in [1.807, 2.05) is 0 Å². The second-order valence-corrected chi connectivity index (χ2v) is 6.83. The van der Waals surface area contributed by atoms with Gasteiger partial charge in [-0.2, -0.15) is 0 Å². The van der Waals surface area contributed by atoms with Gasteiger partial charge in [0.1, 0.15) is 6.04 Å². The first-order valence-corrected chi connectivity index (χ1v) is 7.10. The van der Waals surface area contributed by atoms with Crippen LogP contribution in [-0.2, 0) is 9.59 Å². The van der Waals surface area contributed by atoms with E-state index in [-0.39, 0.29) is 23.3 Å². The van der Waals surface area contributed by atoms with Crippen molar-refractivity contribution in [1.29, 1.82) is 0 Å². The fourth-order valence-corrected chi connectivity index (χ4v) is 3.96. The lowest BCUT2D eigenvalue weighted by Crippen LogP contribution is -2.52. The Morgan fingerprint density at radius 2 is 2.00 bits per heavy atom. The first-order valence-electron chi connectivity index (χ1n) is 7.10. The second-order valence-electron chi connectivity index (χ2n) is 6.83. The van der Waals surface area contributed by atoms with Gasteiger partial charge in [0.05, 0.1) is 6.04 Å². The van der Waals surface area contributed by atoms with Crippen molar-refractivity contribution in [2.75, 3.05) is 13.6 Å². The van der Waals surface area contributed by atoms with Crippen molar-refractivity contribution in [1.82, 2.24) is 10.2 Å². The molecule has 0 aromatic rings. The van der Waals surface area contributed by atoms with E-state index < -0.39 is 12.0 Å². The van der Waals surface area contributed by atoms with Gasteiger partial charge >= 0.3 is 5.97 Å². The SMILES string of the molecule is CN[C@H](C(=O)N1C[C@H]2[C@@H]([C@H]1C(=O)O)C2(C)C)C1CC1. The van der Waals surface area contributed by atoms with Gasteiger partial charge in [-0.1, -0.05) is 13.8 Å². The number of likely N-dealkylation sites (tertiary alicyclic amines) is 1. The summed E-state index contributed by atoms with van der Waals surface area (Å²) < 4.78 is 0. The molecule has 0 aromatic heterocycles. The summed E-state index contributed by atoms with van der Waals surface area (Å²) in [5.74, 6) is 0.0225. The number of carboxylic acid groups (broad SMARTS) is 1. The standard InChI is InChI=1S/C14H22N2O3/c1-14(2)8-6-16(11(9(8)14)13(18)19)12(17)10(15-3)7-4-5-7/h7-11,15H,4-6H2,1-3H3,(H,18,19)/t8-,9-,10-,11-/m0/s1. The number of carbonyl (C=O) groups is 2. The molecule has 1 heterocycles. The van der Waals surface area contributed by atoms with Crippen molar-refractivity contribution in [3.05, 3.63) is 0 Å². The highest BCUT2D eigenvalue weighted by molar-refractivity contribution is 5.89. The average Bonchev–Trinajstić information content (AvgIpc) is 3.18. The van der Waals surface area contributed by atoms with Crippen molar-refractivity contribution >= 4 is 11.9 Å². The minimum atomic E-state index is -0.850. The van der Waals surface area contributed by atoms with Crippen LogP contribution in [0.2, 0.25) is 0 Å². The number of fused-ring (bicyclic) bond motifs is 1. The molecule has 0 aromatic carbocycles. The highest BCUT2D eigenvalue weighted by atomic mass is 16.4. The number of amides is 1. The minimum Gasteiger partial charge on any atom is -0.480 e. The molecule has 3 rings (SSSR count). The van der Waals surface area contributed by atoms with E-state index in [2.05, 4.69) is 19.2 Å².